The Morgan fingerprint density at radius 2 is 2.06 bits per heavy atom. The first-order valence-electron chi connectivity index (χ1n) is 4.96. The Kier molecular flexibility index (Phi) is 2.77. The number of carbonyl (C=O) groups excluding carboxylic acids is 1. The molecule has 0 aliphatic heterocycles. The van der Waals surface area contributed by atoms with Crippen LogP contribution in [0.3, 0.4) is 0 Å². The number of hydrogen-bond acceptors (Lipinski definition) is 3. The van der Waals surface area contributed by atoms with Crippen LogP contribution < -0.4 is 4.74 Å². The summed E-state index contributed by atoms with van der Waals surface area (Å²) in [5.74, 6) is 1.20. The van der Waals surface area contributed by atoms with E-state index in [1.54, 1.807) is 25.5 Å². The zero-order chi connectivity index (χ0) is 11.5. The first-order valence-corrected chi connectivity index (χ1v) is 4.96. The van der Waals surface area contributed by atoms with Gasteiger partial charge in [0.15, 0.2) is 5.78 Å². The summed E-state index contributed by atoms with van der Waals surface area (Å²) in [6, 6.07) is 9.06. The summed E-state index contributed by atoms with van der Waals surface area (Å²) in [5, 5.41) is 0. The molecule has 0 saturated heterocycles. The molecule has 0 aliphatic carbocycles. The highest BCUT2D eigenvalue weighted by Crippen LogP contribution is 2.31. The summed E-state index contributed by atoms with van der Waals surface area (Å²) in [7, 11) is 1.55. The molecule has 2 rings (SSSR count). The first kappa shape index (κ1) is 10.5. The molecule has 1 aromatic heterocycles. The fourth-order valence-electron chi connectivity index (χ4n) is 1.70. The zero-order valence-electron chi connectivity index (χ0n) is 9.19. The first-order chi connectivity index (χ1) is 7.74. The van der Waals surface area contributed by atoms with Gasteiger partial charge in [0.25, 0.3) is 0 Å². The monoisotopic (exact) mass is 216 g/mol. The lowest BCUT2D eigenvalue weighted by Gasteiger charge is -2.09. The van der Waals surface area contributed by atoms with Gasteiger partial charge in [0, 0.05) is 5.56 Å². The molecule has 3 heteroatoms. The Morgan fingerprint density at radius 3 is 2.62 bits per heavy atom. The number of rotatable bonds is 3. The standard InChI is InChI=1S/C13H12O3/c1-9(14)13-10(11-7-4-8-16-11)5-3-6-12(13)15-2/h3-8H,1-2H3. The van der Waals surface area contributed by atoms with Crippen LogP contribution in [0.1, 0.15) is 17.3 Å². The molecule has 0 bridgehead atoms. The van der Waals surface area contributed by atoms with Gasteiger partial charge in [0.2, 0.25) is 0 Å². The molecule has 16 heavy (non-hydrogen) atoms. The Hall–Kier alpha value is -2.03. The molecule has 0 spiro atoms. The van der Waals surface area contributed by atoms with Gasteiger partial charge in [-0.1, -0.05) is 12.1 Å². The number of benzene rings is 1. The minimum atomic E-state index is -0.0381. The van der Waals surface area contributed by atoms with Crippen LogP contribution in [0.15, 0.2) is 41.0 Å². The summed E-state index contributed by atoms with van der Waals surface area (Å²) >= 11 is 0. The Morgan fingerprint density at radius 1 is 1.25 bits per heavy atom. The SMILES string of the molecule is COc1cccc(-c2ccco2)c1C(C)=O. The number of furan rings is 1. The van der Waals surface area contributed by atoms with Crippen molar-refractivity contribution in [2.24, 2.45) is 0 Å². The van der Waals surface area contributed by atoms with Crippen molar-refractivity contribution in [3.63, 3.8) is 0 Å². The third-order valence-corrected chi connectivity index (χ3v) is 2.38. The minimum Gasteiger partial charge on any atom is -0.496 e. The predicted molar refractivity (Wildman–Crippen MR) is 60.7 cm³/mol. The third-order valence-electron chi connectivity index (χ3n) is 2.38. The van der Waals surface area contributed by atoms with Gasteiger partial charge < -0.3 is 9.15 Å². The molecule has 3 nitrogen and oxygen atoms in total. The molecule has 0 fully saturated rings. The van der Waals surface area contributed by atoms with Gasteiger partial charge >= 0.3 is 0 Å². The lowest BCUT2D eigenvalue weighted by atomic mass is 10.0. The van der Waals surface area contributed by atoms with Gasteiger partial charge in [-0.25, -0.2) is 0 Å². The normalized spacial score (nSPS) is 10.1. The van der Waals surface area contributed by atoms with E-state index < -0.39 is 0 Å². The van der Waals surface area contributed by atoms with E-state index in [1.165, 1.54) is 6.92 Å². The van der Waals surface area contributed by atoms with Crippen molar-refractivity contribution >= 4 is 5.78 Å². The summed E-state index contributed by atoms with van der Waals surface area (Å²) in [5.41, 5.74) is 1.32. The second-order valence-corrected chi connectivity index (χ2v) is 3.42. The lowest BCUT2D eigenvalue weighted by Crippen LogP contribution is -2.00. The number of hydrogen-bond donors (Lipinski definition) is 0. The molecular weight excluding hydrogens is 204 g/mol. The van der Waals surface area contributed by atoms with E-state index in [2.05, 4.69) is 0 Å². The van der Waals surface area contributed by atoms with E-state index in [0.717, 1.165) is 5.56 Å². The van der Waals surface area contributed by atoms with Crippen LogP contribution in [0, 0.1) is 0 Å². The number of carbonyl (C=O) groups is 1. The van der Waals surface area contributed by atoms with Gasteiger partial charge in [-0.05, 0) is 25.1 Å². The van der Waals surface area contributed by atoms with Gasteiger partial charge in [-0.3, -0.25) is 4.79 Å². The molecule has 0 aliphatic rings. The number of Topliss-reactive ketones (excluding diaryl/α,β-unsaturated/α-hetero) is 1. The Balaban J connectivity index is 2.65. The smallest absolute Gasteiger partial charge is 0.164 e. The van der Waals surface area contributed by atoms with Crippen LogP contribution in [0.5, 0.6) is 5.75 Å². The van der Waals surface area contributed by atoms with Gasteiger partial charge in [0.05, 0.1) is 18.9 Å². The predicted octanol–water partition coefficient (Wildman–Crippen LogP) is 3.16. The van der Waals surface area contributed by atoms with Gasteiger partial charge in [-0.15, -0.1) is 0 Å². The quantitative estimate of drug-likeness (QED) is 0.740. The van der Waals surface area contributed by atoms with E-state index in [0.29, 0.717) is 17.1 Å². The van der Waals surface area contributed by atoms with Crippen molar-refractivity contribution in [1.29, 1.82) is 0 Å². The Bertz CT molecular complexity index is 498. The maximum Gasteiger partial charge on any atom is 0.164 e. The molecule has 0 N–H and O–H groups in total. The van der Waals surface area contributed by atoms with Crippen LogP contribution in [-0.4, -0.2) is 12.9 Å². The largest absolute Gasteiger partial charge is 0.496 e. The summed E-state index contributed by atoms with van der Waals surface area (Å²) < 4.78 is 10.5. The lowest BCUT2D eigenvalue weighted by molar-refractivity contribution is 0.101. The molecule has 2 aromatic rings. The highest BCUT2D eigenvalue weighted by Gasteiger charge is 2.16. The van der Waals surface area contributed by atoms with E-state index in [4.69, 9.17) is 9.15 Å². The fourth-order valence-corrected chi connectivity index (χ4v) is 1.70. The molecular formula is C13H12O3. The Labute approximate surface area is 93.7 Å². The van der Waals surface area contributed by atoms with Crippen molar-refractivity contribution in [2.45, 2.75) is 6.92 Å². The number of ether oxygens (including phenoxy) is 1. The number of ketones is 1. The number of methoxy groups -OCH3 is 1. The maximum atomic E-state index is 11.6. The summed E-state index contributed by atoms with van der Waals surface area (Å²) in [6.07, 6.45) is 1.58. The van der Waals surface area contributed by atoms with Crippen molar-refractivity contribution in [3.8, 4) is 17.1 Å². The van der Waals surface area contributed by atoms with Crippen LogP contribution in [-0.2, 0) is 0 Å². The maximum absolute atomic E-state index is 11.6. The van der Waals surface area contributed by atoms with Crippen LogP contribution in [0.2, 0.25) is 0 Å². The van der Waals surface area contributed by atoms with Crippen LogP contribution >= 0.6 is 0 Å². The highest BCUT2D eigenvalue weighted by molar-refractivity contribution is 6.02. The van der Waals surface area contributed by atoms with Crippen LogP contribution in [0.25, 0.3) is 11.3 Å². The van der Waals surface area contributed by atoms with Crippen molar-refractivity contribution in [1.82, 2.24) is 0 Å². The topological polar surface area (TPSA) is 39.4 Å². The fraction of sp³-hybridized carbons (Fsp3) is 0.154. The van der Waals surface area contributed by atoms with Crippen molar-refractivity contribution < 1.29 is 13.9 Å². The second kappa shape index (κ2) is 4.23. The molecule has 0 unspecified atom stereocenters. The molecule has 0 atom stereocenters. The van der Waals surface area contributed by atoms with Gasteiger partial charge in [0.1, 0.15) is 11.5 Å². The summed E-state index contributed by atoms with van der Waals surface area (Å²) in [4.78, 5) is 11.6. The average Bonchev–Trinajstić information content (AvgIpc) is 2.81. The van der Waals surface area contributed by atoms with Crippen LogP contribution in [0.4, 0.5) is 0 Å². The minimum absolute atomic E-state index is 0.0381. The molecule has 0 amide bonds. The van der Waals surface area contributed by atoms with Gasteiger partial charge in [-0.2, -0.15) is 0 Å². The molecule has 1 heterocycles. The van der Waals surface area contributed by atoms with E-state index >= 15 is 0 Å². The van der Waals surface area contributed by atoms with Crippen molar-refractivity contribution in [3.05, 3.63) is 42.2 Å². The van der Waals surface area contributed by atoms with E-state index in [9.17, 15) is 4.79 Å². The molecule has 0 saturated carbocycles. The zero-order valence-corrected chi connectivity index (χ0v) is 9.19. The molecule has 82 valence electrons. The molecule has 1 aromatic carbocycles. The van der Waals surface area contributed by atoms with Crippen molar-refractivity contribution in [2.75, 3.05) is 7.11 Å². The third kappa shape index (κ3) is 1.72. The van der Waals surface area contributed by atoms with E-state index in [-0.39, 0.29) is 5.78 Å². The van der Waals surface area contributed by atoms with E-state index in [1.807, 2.05) is 18.2 Å². The highest BCUT2D eigenvalue weighted by atomic mass is 16.5. The summed E-state index contributed by atoms with van der Waals surface area (Å²) in [6.45, 7) is 1.52. The second-order valence-electron chi connectivity index (χ2n) is 3.42. The average molecular weight is 216 g/mol. The molecule has 0 radical (unpaired) electrons.